The summed E-state index contributed by atoms with van der Waals surface area (Å²) in [6.07, 6.45) is 1.98. The van der Waals surface area contributed by atoms with Crippen LogP contribution in [0.15, 0.2) is 66.9 Å². The maximum atomic E-state index is 4.92. The van der Waals surface area contributed by atoms with Crippen molar-refractivity contribution in [3.8, 4) is 21.7 Å². The number of fused-ring (bicyclic) bond motifs is 2. The Bertz CT molecular complexity index is 1520. The molecule has 0 N–H and O–H groups in total. The monoisotopic (exact) mass is 479 g/mol. The van der Waals surface area contributed by atoms with Crippen LogP contribution in [0.4, 0.5) is 0 Å². The maximum absolute atomic E-state index is 4.92. The van der Waals surface area contributed by atoms with Crippen LogP contribution in [0, 0.1) is 13.8 Å². The quantitative estimate of drug-likeness (QED) is 0.234. The first-order chi connectivity index (χ1) is 16.1. The van der Waals surface area contributed by atoms with E-state index in [4.69, 9.17) is 4.98 Å². The Morgan fingerprint density at radius 3 is 2.21 bits per heavy atom. The molecule has 34 heavy (non-hydrogen) atoms. The molecule has 0 saturated carbocycles. The minimum atomic E-state index is -1.30. The lowest BCUT2D eigenvalue weighted by atomic mass is 9.91. The summed E-state index contributed by atoms with van der Waals surface area (Å²) in [5.74, 6) is 0.454. The average Bonchev–Trinajstić information content (AvgIpc) is 3.14. The zero-order valence-electron chi connectivity index (χ0n) is 21.3. The van der Waals surface area contributed by atoms with E-state index in [1.54, 1.807) is 0 Å². The predicted octanol–water partition coefficient (Wildman–Crippen LogP) is 9.07. The van der Waals surface area contributed by atoms with Crippen LogP contribution in [0.5, 0.6) is 0 Å². The van der Waals surface area contributed by atoms with Gasteiger partial charge in [0.05, 0.1) is 18.5 Å². The smallest absolute Gasteiger partial charge is 0.0880 e. The first-order valence-electron chi connectivity index (χ1n) is 12.2. The molecule has 0 aliphatic carbocycles. The molecule has 0 radical (unpaired) electrons. The summed E-state index contributed by atoms with van der Waals surface area (Å²) >= 11 is 1.88. The van der Waals surface area contributed by atoms with Gasteiger partial charge in [-0.25, -0.2) is 0 Å². The third kappa shape index (κ3) is 4.01. The molecule has 5 rings (SSSR count). The highest BCUT2D eigenvalue weighted by molar-refractivity contribution is 7.23. The standard InChI is InChI=1S/C31H33NSSi/c1-19(2)28-18-24(17-23-16-20(3)8-13-27(23)28)29-31-26(14-15-32-29)21(4)30(33-31)22-9-11-25(12-10-22)34(5,6)7/h8-19H,1-7H3. The molecule has 5 aromatic rings. The van der Waals surface area contributed by atoms with E-state index in [0.717, 1.165) is 5.69 Å². The van der Waals surface area contributed by atoms with Crippen molar-refractivity contribution in [3.05, 3.63) is 83.6 Å². The van der Waals surface area contributed by atoms with Crippen LogP contribution < -0.4 is 5.19 Å². The van der Waals surface area contributed by atoms with Gasteiger partial charge in [-0.3, -0.25) is 4.98 Å². The van der Waals surface area contributed by atoms with Crippen molar-refractivity contribution in [3.63, 3.8) is 0 Å². The van der Waals surface area contributed by atoms with Crippen LogP contribution >= 0.6 is 11.3 Å². The molecular weight excluding hydrogens is 447 g/mol. The van der Waals surface area contributed by atoms with E-state index < -0.39 is 8.07 Å². The number of hydrogen-bond acceptors (Lipinski definition) is 2. The van der Waals surface area contributed by atoms with Crippen molar-refractivity contribution in [2.75, 3.05) is 0 Å². The molecule has 3 aromatic carbocycles. The molecule has 0 atom stereocenters. The SMILES string of the molecule is Cc1ccc2c(C(C)C)cc(-c3nccc4c(C)c(-c5ccc([Si](C)(C)C)cc5)sc34)cc2c1. The predicted molar refractivity (Wildman–Crippen MR) is 155 cm³/mol. The third-order valence-corrected chi connectivity index (χ3v) is 10.3. The minimum absolute atomic E-state index is 0.454. The van der Waals surface area contributed by atoms with Crippen LogP contribution in [-0.4, -0.2) is 13.1 Å². The van der Waals surface area contributed by atoms with Gasteiger partial charge in [-0.2, -0.15) is 0 Å². The van der Waals surface area contributed by atoms with E-state index in [1.807, 2.05) is 17.5 Å². The summed E-state index contributed by atoms with van der Waals surface area (Å²) in [7, 11) is -1.30. The molecule has 2 heterocycles. The lowest BCUT2D eigenvalue weighted by molar-refractivity contribution is 0.876. The van der Waals surface area contributed by atoms with Crippen molar-refractivity contribution in [2.45, 2.75) is 53.3 Å². The Labute approximate surface area is 208 Å². The Balaban J connectivity index is 1.70. The zero-order chi connectivity index (χ0) is 24.2. The first-order valence-corrected chi connectivity index (χ1v) is 16.5. The van der Waals surface area contributed by atoms with Gasteiger partial charge in [-0.15, -0.1) is 11.3 Å². The molecule has 0 aliphatic rings. The highest BCUT2D eigenvalue weighted by Crippen LogP contribution is 2.43. The molecule has 172 valence electrons. The van der Waals surface area contributed by atoms with Gasteiger partial charge in [0.15, 0.2) is 0 Å². The van der Waals surface area contributed by atoms with Crippen molar-refractivity contribution in [1.29, 1.82) is 0 Å². The van der Waals surface area contributed by atoms with Crippen LogP contribution in [0.1, 0.15) is 36.5 Å². The van der Waals surface area contributed by atoms with Gasteiger partial charge in [0.2, 0.25) is 0 Å². The van der Waals surface area contributed by atoms with E-state index >= 15 is 0 Å². The van der Waals surface area contributed by atoms with Crippen molar-refractivity contribution in [1.82, 2.24) is 4.98 Å². The molecule has 3 heteroatoms. The summed E-state index contributed by atoms with van der Waals surface area (Å²) in [5, 5.41) is 5.47. The number of nitrogens with zero attached hydrogens (tertiary/aromatic N) is 1. The summed E-state index contributed by atoms with van der Waals surface area (Å²) in [6.45, 7) is 16.2. The van der Waals surface area contributed by atoms with Gasteiger partial charge >= 0.3 is 0 Å². The van der Waals surface area contributed by atoms with Crippen molar-refractivity contribution in [2.24, 2.45) is 0 Å². The van der Waals surface area contributed by atoms with Gasteiger partial charge < -0.3 is 0 Å². The summed E-state index contributed by atoms with van der Waals surface area (Å²) in [6, 6.07) is 23.0. The maximum Gasteiger partial charge on any atom is 0.0880 e. The molecule has 0 fully saturated rings. The van der Waals surface area contributed by atoms with Crippen molar-refractivity contribution < 1.29 is 0 Å². The second-order valence-electron chi connectivity index (χ2n) is 10.9. The van der Waals surface area contributed by atoms with E-state index in [2.05, 4.69) is 108 Å². The number of benzene rings is 3. The molecule has 2 aromatic heterocycles. The molecule has 1 nitrogen and oxygen atoms in total. The highest BCUT2D eigenvalue weighted by atomic mass is 32.1. The Hall–Kier alpha value is -2.75. The van der Waals surface area contributed by atoms with Gasteiger partial charge in [-0.1, -0.05) is 86.7 Å². The van der Waals surface area contributed by atoms with Crippen LogP contribution in [-0.2, 0) is 0 Å². The van der Waals surface area contributed by atoms with E-state index in [0.29, 0.717) is 5.92 Å². The Morgan fingerprint density at radius 1 is 0.794 bits per heavy atom. The van der Waals surface area contributed by atoms with Gasteiger partial charge in [-0.05, 0) is 70.8 Å². The van der Waals surface area contributed by atoms with Gasteiger partial charge in [0, 0.05) is 16.6 Å². The first kappa shape index (κ1) is 23.0. The fourth-order valence-corrected chi connectivity index (χ4v) is 7.37. The fraction of sp³-hybridized carbons (Fsp3) is 0.258. The molecule has 0 saturated heterocycles. The van der Waals surface area contributed by atoms with Crippen LogP contribution in [0.25, 0.3) is 42.6 Å². The molecule has 0 amide bonds. The topological polar surface area (TPSA) is 12.9 Å². The number of rotatable bonds is 4. The molecule has 0 unspecified atom stereocenters. The van der Waals surface area contributed by atoms with E-state index in [-0.39, 0.29) is 0 Å². The van der Waals surface area contributed by atoms with E-state index in [1.165, 1.54) is 58.7 Å². The second kappa shape index (κ2) is 8.48. The van der Waals surface area contributed by atoms with Crippen LogP contribution in [0.3, 0.4) is 0 Å². The highest BCUT2D eigenvalue weighted by Gasteiger charge is 2.19. The summed E-state index contributed by atoms with van der Waals surface area (Å²) in [4.78, 5) is 6.27. The van der Waals surface area contributed by atoms with E-state index in [9.17, 15) is 0 Å². The van der Waals surface area contributed by atoms with Gasteiger partial charge in [0.25, 0.3) is 0 Å². The molecule has 0 bridgehead atoms. The number of hydrogen-bond donors (Lipinski definition) is 0. The molecule has 0 spiro atoms. The van der Waals surface area contributed by atoms with Gasteiger partial charge in [0.1, 0.15) is 0 Å². The normalized spacial score (nSPS) is 12.2. The lowest BCUT2D eigenvalue weighted by Crippen LogP contribution is -2.37. The number of aromatic nitrogens is 1. The molecular formula is C31H33NSSi. The number of aryl methyl sites for hydroxylation is 2. The largest absolute Gasteiger partial charge is 0.255 e. The third-order valence-electron chi connectivity index (χ3n) is 6.90. The lowest BCUT2D eigenvalue weighted by Gasteiger charge is -2.16. The van der Waals surface area contributed by atoms with Crippen LogP contribution in [0.2, 0.25) is 19.6 Å². The summed E-state index contributed by atoms with van der Waals surface area (Å²) < 4.78 is 1.28. The number of pyridine rings is 1. The Kier molecular flexibility index (Phi) is 5.74. The van der Waals surface area contributed by atoms with Crippen molar-refractivity contribution >= 4 is 45.5 Å². The minimum Gasteiger partial charge on any atom is -0.255 e. The average molecular weight is 480 g/mol. The zero-order valence-corrected chi connectivity index (χ0v) is 23.1. The second-order valence-corrected chi connectivity index (χ2v) is 17.0. The summed E-state index contributed by atoms with van der Waals surface area (Å²) in [5.41, 5.74) is 7.66. The number of thiophene rings is 1. The fourth-order valence-electron chi connectivity index (χ4n) is 4.88. The Morgan fingerprint density at radius 2 is 1.53 bits per heavy atom. The molecule has 0 aliphatic heterocycles.